The number of ether oxygens (including phenoxy) is 2. The largest absolute Gasteiger partial charge is 0.495 e. The molecule has 1 fully saturated rings. The molecule has 2 rings (SSSR count). The Morgan fingerprint density at radius 1 is 1.39 bits per heavy atom. The molecular weight excluding hydrogens is 340 g/mol. The van der Waals surface area contributed by atoms with Gasteiger partial charge < -0.3 is 14.8 Å². The van der Waals surface area contributed by atoms with E-state index in [1.165, 1.54) is 35.3 Å². The number of nitrogens with zero attached hydrogens (tertiary/aromatic N) is 1. The van der Waals surface area contributed by atoms with E-state index in [0.29, 0.717) is 37.7 Å². The highest BCUT2D eigenvalue weighted by Gasteiger charge is 2.27. The molecule has 0 spiro atoms. The SMILES string of the molecule is COc1ccc(S(=O)(=O)N2CCOCC2)cc1NC(=O)CSC. The summed E-state index contributed by atoms with van der Waals surface area (Å²) in [5.41, 5.74) is 0.348. The van der Waals surface area contributed by atoms with Crippen LogP contribution in [0.4, 0.5) is 5.69 Å². The van der Waals surface area contributed by atoms with Gasteiger partial charge in [-0.1, -0.05) is 0 Å². The second kappa shape index (κ2) is 8.00. The van der Waals surface area contributed by atoms with Crippen molar-refractivity contribution in [3.63, 3.8) is 0 Å². The quantitative estimate of drug-likeness (QED) is 0.815. The smallest absolute Gasteiger partial charge is 0.243 e. The number of sulfonamides is 1. The summed E-state index contributed by atoms with van der Waals surface area (Å²) in [5.74, 6) is 0.487. The molecule has 1 aromatic carbocycles. The van der Waals surface area contributed by atoms with Gasteiger partial charge in [0.2, 0.25) is 15.9 Å². The highest BCUT2D eigenvalue weighted by molar-refractivity contribution is 7.99. The number of thioether (sulfide) groups is 1. The molecule has 0 aromatic heterocycles. The summed E-state index contributed by atoms with van der Waals surface area (Å²) in [5, 5.41) is 2.69. The molecule has 1 saturated heterocycles. The van der Waals surface area contributed by atoms with E-state index in [9.17, 15) is 13.2 Å². The molecule has 1 heterocycles. The number of benzene rings is 1. The lowest BCUT2D eigenvalue weighted by Gasteiger charge is -2.26. The Morgan fingerprint density at radius 2 is 2.09 bits per heavy atom. The van der Waals surface area contributed by atoms with Gasteiger partial charge in [0.1, 0.15) is 5.75 Å². The molecule has 9 heteroatoms. The minimum Gasteiger partial charge on any atom is -0.495 e. The van der Waals surface area contributed by atoms with Crippen LogP contribution in [0, 0.1) is 0 Å². The third kappa shape index (κ3) is 4.37. The lowest BCUT2D eigenvalue weighted by Crippen LogP contribution is -2.40. The van der Waals surface area contributed by atoms with Crippen molar-refractivity contribution in [3.8, 4) is 5.75 Å². The van der Waals surface area contributed by atoms with E-state index in [-0.39, 0.29) is 16.6 Å². The number of hydrogen-bond acceptors (Lipinski definition) is 6. The molecule has 1 aliphatic rings. The first-order valence-corrected chi connectivity index (χ1v) is 9.87. The average molecular weight is 360 g/mol. The third-order valence-corrected chi connectivity index (χ3v) is 5.77. The highest BCUT2D eigenvalue weighted by Crippen LogP contribution is 2.29. The molecule has 0 atom stereocenters. The van der Waals surface area contributed by atoms with Crippen molar-refractivity contribution in [1.29, 1.82) is 0 Å². The molecule has 0 unspecified atom stereocenters. The minimum absolute atomic E-state index is 0.125. The molecule has 1 aromatic rings. The molecule has 7 nitrogen and oxygen atoms in total. The Hall–Kier alpha value is -1.29. The first-order valence-electron chi connectivity index (χ1n) is 7.03. The van der Waals surface area contributed by atoms with E-state index in [0.717, 1.165) is 0 Å². The van der Waals surface area contributed by atoms with Gasteiger partial charge in [0.25, 0.3) is 0 Å². The molecule has 128 valence electrons. The molecule has 0 radical (unpaired) electrons. The molecule has 0 bridgehead atoms. The number of rotatable bonds is 6. The van der Waals surface area contributed by atoms with E-state index in [1.807, 2.05) is 6.26 Å². The zero-order valence-electron chi connectivity index (χ0n) is 13.1. The van der Waals surface area contributed by atoms with Crippen LogP contribution in [0.5, 0.6) is 5.75 Å². The van der Waals surface area contributed by atoms with Gasteiger partial charge in [-0.25, -0.2) is 8.42 Å². The van der Waals surface area contributed by atoms with E-state index < -0.39 is 10.0 Å². The van der Waals surface area contributed by atoms with Crippen LogP contribution >= 0.6 is 11.8 Å². The van der Waals surface area contributed by atoms with Crippen molar-refractivity contribution in [2.45, 2.75) is 4.90 Å². The summed E-state index contributed by atoms with van der Waals surface area (Å²) in [6.07, 6.45) is 1.82. The number of carbonyl (C=O) groups excluding carboxylic acids is 1. The highest BCUT2D eigenvalue weighted by atomic mass is 32.2. The van der Waals surface area contributed by atoms with Crippen LogP contribution in [-0.4, -0.2) is 64.1 Å². The number of anilines is 1. The Labute approximate surface area is 140 Å². The summed E-state index contributed by atoms with van der Waals surface area (Å²) < 4.78 is 37.1. The van der Waals surface area contributed by atoms with Gasteiger partial charge in [0, 0.05) is 13.1 Å². The molecule has 1 aliphatic heterocycles. The number of morpholine rings is 1. The van der Waals surface area contributed by atoms with Crippen LogP contribution < -0.4 is 10.1 Å². The van der Waals surface area contributed by atoms with Gasteiger partial charge in [-0.05, 0) is 24.5 Å². The van der Waals surface area contributed by atoms with Crippen molar-refractivity contribution in [2.75, 3.05) is 50.7 Å². The standard InChI is InChI=1S/C14H20N2O5S2/c1-20-13-4-3-11(9-12(13)15-14(17)10-22-2)23(18,19)16-5-7-21-8-6-16/h3-4,9H,5-8,10H2,1-2H3,(H,15,17). The molecular formula is C14H20N2O5S2. The molecule has 1 N–H and O–H groups in total. The van der Waals surface area contributed by atoms with Crippen LogP contribution in [0.3, 0.4) is 0 Å². The van der Waals surface area contributed by atoms with Crippen LogP contribution in [0.25, 0.3) is 0 Å². The Balaban J connectivity index is 2.30. The number of carbonyl (C=O) groups is 1. The van der Waals surface area contributed by atoms with Crippen LogP contribution in [0.1, 0.15) is 0 Å². The maximum absolute atomic E-state index is 12.7. The van der Waals surface area contributed by atoms with E-state index in [2.05, 4.69) is 5.32 Å². The number of nitrogens with one attached hydrogen (secondary N) is 1. The molecule has 23 heavy (non-hydrogen) atoms. The second-order valence-electron chi connectivity index (χ2n) is 4.86. The predicted octanol–water partition coefficient (Wildman–Crippen LogP) is 1.02. The van der Waals surface area contributed by atoms with Gasteiger partial charge in [-0.2, -0.15) is 16.1 Å². The normalized spacial score (nSPS) is 16.1. The average Bonchev–Trinajstić information content (AvgIpc) is 2.55. The first kappa shape index (κ1) is 18.1. The first-order chi connectivity index (χ1) is 11.0. The zero-order chi connectivity index (χ0) is 16.9. The van der Waals surface area contributed by atoms with Gasteiger partial charge in [-0.15, -0.1) is 0 Å². The van der Waals surface area contributed by atoms with Crippen molar-refractivity contribution in [1.82, 2.24) is 4.31 Å². The Morgan fingerprint density at radius 3 is 2.70 bits per heavy atom. The van der Waals surface area contributed by atoms with Crippen molar-refractivity contribution < 1.29 is 22.7 Å². The molecule has 0 saturated carbocycles. The summed E-state index contributed by atoms with van der Waals surface area (Å²) in [6.45, 7) is 1.41. The lowest BCUT2D eigenvalue weighted by molar-refractivity contribution is -0.113. The monoisotopic (exact) mass is 360 g/mol. The maximum Gasteiger partial charge on any atom is 0.243 e. The zero-order valence-corrected chi connectivity index (χ0v) is 14.7. The fourth-order valence-corrected chi connectivity index (χ4v) is 3.97. The number of amides is 1. The van der Waals surface area contributed by atoms with Gasteiger partial charge in [-0.3, -0.25) is 4.79 Å². The molecule has 1 amide bonds. The fraction of sp³-hybridized carbons (Fsp3) is 0.500. The lowest BCUT2D eigenvalue weighted by atomic mass is 10.3. The van der Waals surface area contributed by atoms with E-state index in [1.54, 1.807) is 6.07 Å². The Bertz CT molecular complexity index is 657. The van der Waals surface area contributed by atoms with Crippen LogP contribution in [0.15, 0.2) is 23.1 Å². The third-order valence-electron chi connectivity index (χ3n) is 3.33. The number of hydrogen-bond donors (Lipinski definition) is 1. The maximum atomic E-state index is 12.7. The summed E-state index contributed by atoms with van der Waals surface area (Å²) in [4.78, 5) is 11.9. The molecule has 0 aliphatic carbocycles. The van der Waals surface area contributed by atoms with Gasteiger partial charge >= 0.3 is 0 Å². The second-order valence-corrected chi connectivity index (χ2v) is 7.66. The number of methoxy groups -OCH3 is 1. The minimum atomic E-state index is -3.62. The Kier molecular flexibility index (Phi) is 6.28. The van der Waals surface area contributed by atoms with Crippen LogP contribution in [0.2, 0.25) is 0 Å². The summed E-state index contributed by atoms with van der Waals surface area (Å²) in [6, 6.07) is 4.46. The van der Waals surface area contributed by atoms with E-state index >= 15 is 0 Å². The van der Waals surface area contributed by atoms with E-state index in [4.69, 9.17) is 9.47 Å². The van der Waals surface area contributed by atoms with Crippen molar-refractivity contribution >= 4 is 33.4 Å². The van der Waals surface area contributed by atoms with Gasteiger partial charge in [0.15, 0.2) is 0 Å². The fourth-order valence-electron chi connectivity index (χ4n) is 2.20. The summed E-state index contributed by atoms with van der Waals surface area (Å²) in [7, 11) is -2.15. The summed E-state index contributed by atoms with van der Waals surface area (Å²) >= 11 is 1.38. The topological polar surface area (TPSA) is 84.9 Å². The van der Waals surface area contributed by atoms with Crippen molar-refractivity contribution in [3.05, 3.63) is 18.2 Å². The van der Waals surface area contributed by atoms with Crippen LogP contribution in [-0.2, 0) is 19.6 Å². The van der Waals surface area contributed by atoms with Crippen molar-refractivity contribution in [2.24, 2.45) is 0 Å². The predicted molar refractivity (Wildman–Crippen MR) is 89.6 cm³/mol. The van der Waals surface area contributed by atoms with Gasteiger partial charge in [0.05, 0.1) is 36.7 Å².